The van der Waals surface area contributed by atoms with E-state index < -0.39 is 11.7 Å². The second-order valence-corrected chi connectivity index (χ2v) is 6.33. The van der Waals surface area contributed by atoms with E-state index >= 15 is 0 Å². The van der Waals surface area contributed by atoms with Crippen LogP contribution in [0.4, 0.5) is 13.2 Å². The van der Waals surface area contributed by atoms with Crippen molar-refractivity contribution in [2.45, 2.75) is 18.0 Å². The zero-order valence-electron chi connectivity index (χ0n) is 13.0. The first-order valence-electron chi connectivity index (χ1n) is 7.59. The predicted octanol–water partition coefficient (Wildman–Crippen LogP) is 6.14. The van der Waals surface area contributed by atoms with Crippen LogP contribution in [0.1, 0.15) is 12.5 Å². The Morgan fingerprint density at radius 1 is 0.958 bits per heavy atom. The number of benzene rings is 3. The second kappa shape index (κ2) is 6.87. The number of nitrogens with one attached hydrogen (secondary N) is 1. The number of halogens is 3. The highest BCUT2D eigenvalue weighted by Crippen LogP contribution is 2.34. The van der Waals surface area contributed by atoms with Crippen LogP contribution in [-0.4, -0.2) is 6.54 Å². The van der Waals surface area contributed by atoms with Gasteiger partial charge in [-0.25, -0.2) is 0 Å². The van der Waals surface area contributed by atoms with Crippen molar-refractivity contribution in [3.8, 4) is 11.1 Å². The van der Waals surface area contributed by atoms with Gasteiger partial charge in [-0.15, -0.1) is 0 Å². The molecular formula is C19H16F3NS. The van der Waals surface area contributed by atoms with E-state index in [-0.39, 0.29) is 0 Å². The lowest BCUT2D eigenvalue weighted by atomic mass is 9.97. The normalized spacial score (nSPS) is 11.8. The van der Waals surface area contributed by atoms with Gasteiger partial charge in [-0.2, -0.15) is 13.2 Å². The van der Waals surface area contributed by atoms with E-state index in [1.807, 2.05) is 37.3 Å². The minimum Gasteiger partial charge on any atom is -0.260 e. The van der Waals surface area contributed by atoms with Crippen LogP contribution in [0.25, 0.3) is 21.9 Å². The Bertz CT molecular complexity index is 841. The molecule has 0 saturated carbocycles. The highest BCUT2D eigenvalue weighted by molar-refractivity contribution is 7.97. The van der Waals surface area contributed by atoms with E-state index in [9.17, 15) is 13.2 Å². The lowest BCUT2D eigenvalue weighted by molar-refractivity contribution is -0.137. The fraction of sp³-hybridized carbons (Fsp3) is 0.158. The molecule has 5 heteroatoms. The number of hydrogen-bond donors (Lipinski definition) is 1. The SMILES string of the molecule is CCNSc1ccc2c(-c3ccc(C(F)(F)F)cc3)cccc2c1. The zero-order valence-corrected chi connectivity index (χ0v) is 13.8. The molecule has 3 aromatic rings. The maximum absolute atomic E-state index is 12.7. The molecule has 3 rings (SSSR count). The third-order valence-electron chi connectivity index (χ3n) is 3.71. The topological polar surface area (TPSA) is 12.0 Å². The van der Waals surface area contributed by atoms with Gasteiger partial charge in [-0.05, 0) is 58.1 Å². The van der Waals surface area contributed by atoms with Crippen molar-refractivity contribution in [2.24, 2.45) is 0 Å². The summed E-state index contributed by atoms with van der Waals surface area (Å²) in [6, 6.07) is 17.3. The second-order valence-electron chi connectivity index (χ2n) is 5.36. The summed E-state index contributed by atoms with van der Waals surface area (Å²) >= 11 is 1.57. The molecule has 0 unspecified atom stereocenters. The zero-order chi connectivity index (χ0) is 17.2. The molecule has 1 N–H and O–H groups in total. The standard InChI is InChI=1S/C19H16F3NS/c1-2-23-24-16-10-11-18-14(12-16)4-3-5-17(18)13-6-8-15(9-7-13)19(20,21)22/h3-12,23H,2H2,1H3. The third kappa shape index (κ3) is 3.57. The van der Waals surface area contributed by atoms with Gasteiger partial charge in [-0.3, -0.25) is 4.72 Å². The third-order valence-corrected chi connectivity index (χ3v) is 4.63. The van der Waals surface area contributed by atoms with E-state index in [1.54, 1.807) is 11.9 Å². The van der Waals surface area contributed by atoms with Gasteiger partial charge in [0.25, 0.3) is 0 Å². The van der Waals surface area contributed by atoms with Crippen molar-refractivity contribution >= 4 is 22.7 Å². The van der Waals surface area contributed by atoms with Crippen LogP contribution in [-0.2, 0) is 6.18 Å². The van der Waals surface area contributed by atoms with Gasteiger partial charge in [0.2, 0.25) is 0 Å². The van der Waals surface area contributed by atoms with Gasteiger partial charge in [0, 0.05) is 11.4 Å². The summed E-state index contributed by atoms with van der Waals surface area (Å²) in [7, 11) is 0. The molecule has 0 aliphatic rings. The minimum atomic E-state index is -4.31. The quantitative estimate of drug-likeness (QED) is 0.569. The summed E-state index contributed by atoms with van der Waals surface area (Å²) in [5, 5.41) is 2.09. The Labute approximate surface area is 143 Å². The number of fused-ring (bicyclic) bond motifs is 1. The molecule has 0 fully saturated rings. The lowest BCUT2D eigenvalue weighted by Crippen LogP contribution is -2.04. The van der Waals surface area contributed by atoms with Gasteiger partial charge in [0.05, 0.1) is 5.56 Å². The van der Waals surface area contributed by atoms with Gasteiger partial charge in [0.15, 0.2) is 0 Å². The van der Waals surface area contributed by atoms with Crippen LogP contribution in [0.5, 0.6) is 0 Å². The van der Waals surface area contributed by atoms with Crippen molar-refractivity contribution in [1.82, 2.24) is 4.72 Å². The summed E-state index contributed by atoms with van der Waals surface area (Å²) in [5.74, 6) is 0. The first kappa shape index (κ1) is 16.9. The molecule has 0 saturated heterocycles. The molecule has 0 bridgehead atoms. The van der Waals surface area contributed by atoms with Crippen molar-refractivity contribution in [1.29, 1.82) is 0 Å². The van der Waals surface area contributed by atoms with Crippen molar-refractivity contribution in [2.75, 3.05) is 6.54 Å². The molecule has 0 heterocycles. The average Bonchev–Trinajstić information content (AvgIpc) is 2.58. The number of rotatable bonds is 4. The van der Waals surface area contributed by atoms with Gasteiger partial charge in [-0.1, -0.05) is 43.3 Å². The maximum Gasteiger partial charge on any atom is 0.416 e. The molecule has 0 aromatic heterocycles. The van der Waals surface area contributed by atoms with Crippen LogP contribution in [0.3, 0.4) is 0 Å². The fourth-order valence-corrected chi connectivity index (χ4v) is 3.20. The molecule has 0 atom stereocenters. The summed E-state index contributed by atoms with van der Waals surface area (Å²) < 4.78 is 41.3. The predicted molar refractivity (Wildman–Crippen MR) is 93.9 cm³/mol. The Hall–Kier alpha value is -1.98. The number of alkyl halides is 3. The fourth-order valence-electron chi connectivity index (χ4n) is 2.57. The van der Waals surface area contributed by atoms with Crippen LogP contribution < -0.4 is 4.72 Å². The van der Waals surface area contributed by atoms with E-state index in [0.29, 0.717) is 0 Å². The Balaban J connectivity index is 2.00. The van der Waals surface area contributed by atoms with Crippen LogP contribution in [0.15, 0.2) is 65.6 Å². The minimum absolute atomic E-state index is 0.629. The van der Waals surface area contributed by atoms with E-state index in [4.69, 9.17) is 0 Å². The highest BCUT2D eigenvalue weighted by atomic mass is 32.2. The maximum atomic E-state index is 12.7. The van der Waals surface area contributed by atoms with Gasteiger partial charge >= 0.3 is 6.18 Å². The van der Waals surface area contributed by atoms with Crippen molar-refractivity contribution < 1.29 is 13.2 Å². The average molecular weight is 347 g/mol. The molecule has 0 aliphatic carbocycles. The van der Waals surface area contributed by atoms with Crippen molar-refractivity contribution in [3.63, 3.8) is 0 Å². The molecule has 1 nitrogen and oxygen atoms in total. The molecule has 0 radical (unpaired) electrons. The molecule has 24 heavy (non-hydrogen) atoms. The lowest BCUT2D eigenvalue weighted by Gasteiger charge is -2.11. The highest BCUT2D eigenvalue weighted by Gasteiger charge is 2.29. The first-order chi connectivity index (χ1) is 11.5. The molecular weight excluding hydrogens is 331 g/mol. The van der Waals surface area contributed by atoms with Crippen LogP contribution in [0, 0.1) is 0 Å². The van der Waals surface area contributed by atoms with E-state index in [1.165, 1.54) is 12.1 Å². The van der Waals surface area contributed by atoms with Gasteiger partial charge in [0.1, 0.15) is 0 Å². The molecule has 0 amide bonds. The Morgan fingerprint density at radius 2 is 1.71 bits per heavy atom. The summed E-state index contributed by atoms with van der Waals surface area (Å²) in [4.78, 5) is 1.11. The van der Waals surface area contributed by atoms with Crippen LogP contribution in [0.2, 0.25) is 0 Å². The van der Waals surface area contributed by atoms with Crippen molar-refractivity contribution in [3.05, 3.63) is 66.2 Å². The van der Waals surface area contributed by atoms with E-state index in [0.717, 1.165) is 45.5 Å². The Kier molecular flexibility index (Phi) is 4.83. The smallest absolute Gasteiger partial charge is 0.260 e. The summed E-state index contributed by atoms with van der Waals surface area (Å²) in [6.45, 7) is 2.91. The molecule has 3 aromatic carbocycles. The molecule has 124 valence electrons. The first-order valence-corrected chi connectivity index (χ1v) is 8.41. The number of hydrogen-bond acceptors (Lipinski definition) is 2. The summed E-state index contributed by atoms with van der Waals surface area (Å²) in [6.07, 6.45) is -4.31. The summed E-state index contributed by atoms with van der Waals surface area (Å²) in [5.41, 5.74) is 1.08. The Morgan fingerprint density at radius 3 is 2.38 bits per heavy atom. The molecule has 0 aliphatic heterocycles. The molecule has 0 spiro atoms. The monoisotopic (exact) mass is 347 g/mol. The van der Waals surface area contributed by atoms with Gasteiger partial charge < -0.3 is 0 Å². The largest absolute Gasteiger partial charge is 0.416 e. The van der Waals surface area contributed by atoms with E-state index in [2.05, 4.69) is 10.8 Å². The van der Waals surface area contributed by atoms with Crippen LogP contribution >= 0.6 is 11.9 Å².